The number of aromatic nitrogens is 4. The van der Waals surface area contributed by atoms with Crippen LogP contribution in [0.15, 0.2) is 12.1 Å². The molecule has 0 amide bonds. The molecule has 0 aliphatic heterocycles. The molecule has 92 valence electrons. The fraction of sp³-hybridized carbons (Fsp3) is 0.385. The quantitative estimate of drug-likeness (QED) is 0.823. The highest BCUT2D eigenvalue weighted by molar-refractivity contribution is 5.44. The highest BCUT2D eigenvalue weighted by Gasteiger charge is 2.14. The molecule has 2 aromatic heterocycles. The van der Waals surface area contributed by atoms with Crippen molar-refractivity contribution >= 4 is 0 Å². The lowest BCUT2D eigenvalue weighted by Crippen LogP contribution is -2.07. The first-order valence-electron chi connectivity index (χ1n) is 6.02. The van der Waals surface area contributed by atoms with Gasteiger partial charge in [0.15, 0.2) is 11.6 Å². The molecule has 0 saturated carbocycles. The average molecular weight is 241 g/mol. The van der Waals surface area contributed by atoms with Gasteiger partial charge in [-0.1, -0.05) is 13.8 Å². The number of rotatable bonds is 3. The lowest BCUT2D eigenvalue weighted by atomic mass is 10.2. The van der Waals surface area contributed by atoms with Gasteiger partial charge in [-0.25, -0.2) is 9.97 Å². The molecule has 0 unspecified atom stereocenters. The Hall–Kier alpha value is -2.22. The molecule has 0 aliphatic rings. The smallest absolute Gasteiger partial charge is 0.173 e. The topological polar surface area (TPSA) is 67.4 Å². The summed E-state index contributed by atoms with van der Waals surface area (Å²) in [5.74, 6) is 2.18. The standard InChI is InChI=1S/C13H15N5/c1-4-11-16-12(5-2)18(17-11)13-10(8-14)7-6-9(3)15-13/h6-7H,4-5H2,1-3H3. The number of hydrogen-bond donors (Lipinski definition) is 0. The van der Waals surface area contributed by atoms with Crippen LogP contribution in [0.5, 0.6) is 0 Å². The summed E-state index contributed by atoms with van der Waals surface area (Å²) < 4.78 is 1.68. The van der Waals surface area contributed by atoms with Gasteiger partial charge in [-0.05, 0) is 19.1 Å². The number of hydrogen-bond acceptors (Lipinski definition) is 4. The van der Waals surface area contributed by atoms with Crippen molar-refractivity contribution in [3.63, 3.8) is 0 Å². The third kappa shape index (κ3) is 2.09. The SMILES string of the molecule is CCc1nc(CC)n(-c2nc(C)ccc2C#N)n1. The Labute approximate surface area is 106 Å². The predicted molar refractivity (Wildman–Crippen MR) is 67.4 cm³/mol. The second kappa shape index (κ2) is 4.96. The fourth-order valence-corrected chi connectivity index (χ4v) is 1.73. The monoisotopic (exact) mass is 241 g/mol. The maximum atomic E-state index is 9.15. The Kier molecular flexibility index (Phi) is 3.38. The summed E-state index contributed by atoms with van der Waals surface area (Å²) in [5, 5.41) is 13.6. The molecule has 18 heavy (non-hydrogen) atoms. The van der Waals surface area contributed by atoms with E-state index in [0.717, 1.165) is 30.2 Å². The van der Waals surface area contributed by atoms with Crippen LogP contribution in [0.2, 0.25) is 0 Å². The zero-order valence-corrected chi connectivity index (χ0v) is 10.8. The molecule has 0 saturated heterocycles. The van der Waals surface area contributed by atoms with Crippen LogP contribution in [0, 0.1) is 18.3 Å². The highest BCUT2D eigenvalue weighted by Crippen LogP contribution is 2.14. The van der Waals surface area contributed by atoms with E-state index in [1.54, 1.807) is 10.7 Å². The largest absolute Gasteiger partial charge is 0.233 e. The van der Waals surface area contributed by atoms with Gasteiger partial charge in [0.2, 0.25) is 0 Å². The fourth-order valence-electron chi connectivity index (χ4n) is 1.73. The molecule has 5 heteroatoms. The van der Waals surface area contributed by atoms with Gasteiger partial charge < -0.3 is 0 Å². The summed E-state index contributed by atoms with van der Waals surface area (Å²) in [6.45, 7) is 5.92. The van der Waals surface area contributed by atoms with Gasteiger partial charge in [0, 0.05) is 18.5 Å². The van der Waals surface area contributed by atoms with Crippen molar-refractivity contribution in [3.05, 3.63) is 35.0 Å². The second-order valence-corrected chi connectivity index (χ2v) is 4.00. The molecular formula is C13H15N5. The lowest BCUT2D eigenvalue weighted by Gasteiger charge is -2.06. The van der Waals surface area contributed by atoms with E-state index in [1.807, 2.05) is 26.8 Å². The van der Waals surface area contributed by atoms with Crippen molar-refractivity contribution in [1.82, 2.24) is 19.7 Å². The van der Waals surface area contributed by atoms with Crippen LogP contribution in [0.4, 0.5) is 0 Å². The van der Waals surface area contributed by atoms with Crippen LogP contribution in [0.25, 0.3) is 5.82 Å². The molecule has 0 bridgehead atoms. The van der Waals surface area contributed by atoms with Gasteiger partial charge in [-0.2, -0.15) is 9.94 Å². The van der Waals surface area contributed by atoms with Gasteiger partial charge >= 0.3 is 0 Å². The van der Waals surface area contributed by atoms with E-state index in [2.05, 4.69) is 21.1 Å². The van der Waals surface area contributed by atoms with E-state index in [1.165, 1.54) is 0 Å². The molecule has 0 fully saturated rings. The third-order valence-electron chi connectivity index (χ3n) is 2.69. The molecule has 5 nitrogen and oxygen atoms in total. The van der Waals surface area contributed by atoms with Crippen molar-refractivity contribution in [1.29, 1.82) is 5.26 Å². The number of nitrogens with zero attached hydrogens (tertiary/aromatic N) is 5. The minimum absolute atomic E-state index is 0.517. The summed E-state index contributed by atoms with van der Waals surface area (Å²) in [6, 6.07) is 5.74. The summed E-state index contributed by atoms with van der Waals surface area (Å²) >= 11 is 0. The van der Waals surface area contributed by atoms with Gasteiger partial charge in [0.05, 0.1) is 5.56 Å². The molecule has 0 N–H and O–H groups in total. The zero-order chi connectivity index (χ0) is 13.1. The summed E-state index contributed by atoms with van der Waals surface area (Å²) in [5.41, 5.74) is 1.38. The molecule has 0 radical (unpaired) electrons. The number of nitriles is 1. The maximum absolute atomic E-state index is 9.15. The lowest BCUT2D eigenvalue weighted by molar-refractivity contribution is 0.763. The first kappa shape index (κ1) is 12.2. The molecule has 2 aromatic rings. The molecular weight excluding hydrogens is 226 g/mol. The molecule has 0 aromatic carbocycles. The summed E-state index contributed by atoms with van der Waals surface area (Å²) in [7, 11) is 0. The van der Waals surface area contributed by atoms with Crippen molar-refractivity contribution in [3.8, 4) is 11.9 Å². The Bertz CT molecular complexity index is 606. The van der Waals surface area contributed by atoms with E-state index >= 15 is 0 Å². The molecule has 0 spiro atoms. The summed E-state index contributed by atoms with van der Waals surface area (Å²) in [6.07, 6.45) is 1.53. The summed E-state index contributed by atoms with van der Waals surface area (Å²) in [4.78, 5) is 8.84. The average Bonchev–Trinajstić information content (AvgIpc) is 2.81. The molecule has 2 heterocycles. The van der Waals surface area contributed by atoms with E-state index in [-0.39, 0.29) is 0 Å². The minimum Gasteiger partial charge on any atom is -0.233 e. The molecule has 0 aliphatic carbocycles. The Morgan fingerprint density at radius 1 is 1.22 bits per heavy atom. The van der Waals surface area contributed by atoms with Crippen LogP contribution >= 0.6 is 0 Å². The highest BCUT2D eigenvalue weighted by atomic mass is 15.4. The normalized spacial score (nSPS) is 10.3. The van der Waals surface area contributed by atoms with E-state index in [9.17, 15) is 0 Å². The van der Waals surface area contributed by atoms with Crippen LogP contribution < -0.4 is 0 Å². The molecule has 0 atom stereocenters. The molecule has 2 rings (SSSR count). The zero-order valence-electron chi connectivity index (χ0n) is 10.8. The minimum atomic E-state index is 0.517. The first-order valence-corrected chi connectivity index (χ1v) is 6.02. The first-order chi connectivity index (χ1) is 8.69. The van der Waals surface area contributed by atoms with Crippen LogP contribution in [-0.4, -0.2) is 19.7 Å². The number of aryl methyl sites for hydroxylation is 3. The van der Waals surface area contributed by atoms with E-state index < -0.39 is 0 Å². The number of pyridine rings is 1. The Morgan fingerprint density at radius 2 is 2.00 bits per heavy atom. The van der Waals surface area contributed by atoms with Crippen molar-refractivity contribution in [2.75, 3.05) is 0 Å². The van der Waals surface area contributed by atoms with Crippen molar-refractivity contribution < 1.29 is 0 Å². The third-order valence-corrected chi connectivity index (χ3v) is 2.69. The van der Waals surface area contributed by atoms with Crippen LogP contribution in [0.3, 0.4) is 0 Å². The Balaban J connectivity index is 2.64. The van der Waals surface area contributed by atoms with Gasteiger partial charge in [-0.15, -0.1) is 5.10 Å². The predicted octanol–water partition coefficient (Wildman–Crippen LogP) is 1.97. The van der Waals surface area contributed by atoms with E-state index in [0.29, 0.717) is 11.4 Å². The van der Waals surface area contributed by atoms with Crippen LogP contribution in [0.1, 0.15) is 36.8 Å². The van der Waals surface area contributed by atoms with Crippen molar-refractivity contribution in [2.24, 2.45) is 0 Å². The van der Waals surface area contributed by atoms with Gasteiger partial charge in [0.1, 0.15) is 11.9 Å². The van der Waals surface area contributed by atoms with E-state index in [4.69, 9.17) is 5.26 Å². The maximum Gasteiger partial charge on any atom is 0.173 e. The van der Waals surface area contributed by atoms with Gasteiger partial charge in [-0.3, -0.25) is 0 Å². The van der Waals surface area contributed by atoms with Gasteiger partial charge in [0.25, 0.3) is 0 Å². The van der Waals surface area contributed by atoms with Crippen molar-refractivity contribution in [2.45, 2.75) is 33.6 Å². The van der Waals surface area contributed by atoms with Crippen LogP contribution in [-0.2, 0) is 12.8 Å². The second-order valence-electron chi connectivity index (χ2n) is 4.00. The Morgan fingerprint density at radius 3 is 2.61 bits per heavy atom.